The number of aliphatic imine (C=N–C) groups is 1. The van der Waals surface area contributed by atoms with Gasteiger partial charge in [0.25, 0.3) is 0 Å². The lowest BCUT2D eigenvalue weighted by Crippen LogP contribution is -1.94. The van der Waals surface area contributed by atoms with Gasteiger partial charge in [0.2, 0.25) is 0 Å². The molecule has 0 saturated carbocycles. The molecule has 0 amide bonds. The number of nitrogens with zero attached hydrogens (tertiary/aromatic N) is 3. The van der Waals surface area contributed by atoms with Gasteiger partial charge in [-0.3, -0.25) is 4.99 Å². The summed E-state index contributed by atoms with van der Waals surface area (Å²) in [7, 11) is 0. The van der Waals surface area contributed by atoms with Crippen LogP contribution in [0.4, 0.5) is 0 Å². The Labute approximate surface area is 143 Å². The molecule has 0 atom stereocenters. The fraction of sp³-hybridized carbons (Fsp3) is 0.111. The Kier molecular flexibility index (Phi) is 5.40. The molecule has 0 spiro atoms. The maximum absolute atomic E-state index is 11.2. The van der Waals surface area contributed by atoms with E-state index in [1.54, 1.807) is 25.3 Å². The first-order valence-corrected chi connectivity index (χ1v) is 7.84. The van der Waals surface area contributed by atoms with Crippen LogP contribution in [0.15, 0.2) is 41.5 Å². The van der Waals surface area contributed by atoms with Crippen LogP contribution in [-0.2, 0) is 0 Å². The average Bonchev–Trinajstić information content (AvgIpc) is 2.96. The number of carboxylic acids is 1. The van der Waals surface area contributed by atoms with Crippen LogP contribution in [0.5, 0.6) is 0 Å². The maximum Gasteiger partial charge on any atom is 0.347 e. The van der Waals surface area contributed by atoms with Crippen LogP contribution in [0, 0.1) is 18.3 Å². The molecule has 0 aliphatic heterocycles. The molecule has 0 bridgehead atoms. The second-order valence-electron chi connectivity index (χ2n) is 4.98. The van der Waals surface area contributed by atoms with Gasteiger partial charge in [-0.1, -0.05) is 18.2 Å². The van der Waals surface area contributed by atoms with Crippen molar-refractivity contribution in [2.75, 3.05) is 0 Å². The summed E-state index contributed by atoms with van der Waals surface area (Å²) in [6.07, 6.45) is 5.16. The van der Waals surface area contributed by atoms with Crippen molar-refractivity contribution < 1.29 is 9.90 Å². The minimum Gasteiger partial charge on any atom is -0.477 e. The van der Waals surface area contributed by atoms with Crippen LogP contribution in [-0.4, -0.2) is 22.8 Å². The van der Waals surface area contributed by atoms with Crippen LogP contribution in [0.25, 0.3) is 16.1 Å². The minimum absolute atomic E-state index is 0.214. The van der Waals surface area contributed by atoms with Gasteiger partial charge in [-0.2, -0.15) is 5.26 Å². The first-order valence-electron chi connectivity index (χ1n) is 7.02. The number of hydrogen-bond donors (Lipinski definition) is 1. The van der Waals surface area contributed by atoms with Gasteiger partial charge in [0.15, 0.2) is 0 Å². The number of aromatic carboxylic acids is 1. The van der Waals surface area contributed by atoms with E-state index in [0.717, 1.165) is 28.0 Å². The monoisotopic (exact) mass is 337 g/mol. The van der Waals surface area contributed by atoms with Gasteiger partial charge in [-0.15, -0.1) is 11.3 Å². The Hall–Kier alpha value is -3.04. The van der Waals surface area contributed by atoms with E-state index < -0.39 is 5.97 Å². The topological polar surface area (TPSA) is 86.3 Å². The number of benzene rings is 1. The molecule has 0 saturated heterocycles. The highest BCUT2D eigenvalue weighted by Crippen LogP contribution is 2.30. The summed E-state index contributed by atoms with van der Waals surface area (Å²) in [6.45, 7) is 6.93. The summed E-state index contributed by atoms with van der Waals surface area (Å²) < 4.78 is 0. The second-order valence-corrected chi connectivity index (χ2v) is 5.98. The van der Waals surface area contributed by atoms with Gasteiger partial charge in [0.1, 0.15) is 9.88 Å². The molecule has 0 aliphatic rings. The largest absolute Gasteiger partial charge is 0.477 e. The predicted octanol–water partition coefficient (Wildman–Crippen LogP) is 4.31. The van der Waals surface area contributed by atoms with Crippen molar-refractivity contribution in [3.05, 3.63) is 58.2 Å². The van der Waals surface area contributed by atoms with Crippen LogP contribution < -0.4 is 0 Å². The summed E-state index contributed by atoms with van der Waals surface area (Å²) in [6, 6.07) is 7.59. The predicted molar refractivity (Wildman–Crippen MR) is 96.3 cm³/mol. The summed E-state index contributed by atoms with van der Waals surface area (Å²) in [5, 5.41) is 19.2. The number of nitriles is 1. The van der Waals surface area contributed by atoms with Crippen molar-refractivity contribution in [2.24, 2.45) is 4.99 Å². The molecule has 1 aromatic carbocycles. The highest BCUT2D eigenvalue weighted by atomic mass is 32.1. The summed E-state index contributed by atoms with van der Waals surface area (Å²) in [5.41, 5.74) is 3.43. The van der Waals surface area contributed by atoms with Crippen molar-refractivity contribution in [2.45, 2.75) is 13.8 Å². The fourth-order valence-corrected chi connectivity index (χ4v) is 3.07. The quantitative estimate of drug-likeness (QED) is 0.651. The van der Waals surface area contributed by atoms with Crippen molar-refractivity contribution in [3.63, 3.8) is 0 Å². The Bertz CT molecular complexity index is 901. The maximum atomic E-state index is 11.2. The second kappa shape index (κ2) is 7.49. The van der Waals surface area contributed by atoms with E-state index in [-0.39, 0.29) is 4.88 Å². The zero-order chi connectivity index (χ0) is 17.7. The zero-order valence-electron chi connectivity index (χ0n) is 13.3. The molecule has 0 radical (unpaired) electrons. The number of aromatic nitrogens is 1. The first-order chi connectivity index (χ1) is 11.5. The zero-order valence-corrected chi connectivity index (χ0v) is 14.1. The molecule has 0 aliphatic carbocycles. The third-order valence-electron chi connectivity index (χ3n) is 3.34. The van der Waals surface area contributed by atoms with Crippen LogP contribution in [0.3, 0.4) is 0 Å². The van der Waals surface area contributed by atoms with E-state index in [1.165, 1.54) is 0 Å². The van der Waals surface area contributed by atoms with E-state index in [9.17, 15) is 10.1 Å². The molecule has 2 rings (SSSR count). The number of carbonyl (C=O) groups is 1. The fourth-order valence-electron chi connectivity index (χ4n) is 2.17. The molecular formula is C18H15N3O2S. The van der Waals surface area contributed by atoms with E-state index in [0.29, 0.717) is 16.3 Å². The number of aryl methyl sites for hydroxylation is 1. The molecule has 0 unspecified atom stereocenters. The summed E-state index contributed by atoms with van der Waals surface area (Å²) >= 11 is 1.11. The van der Waals surface area contributed by atoms with E-state index in [4.69, 9.17) is 5.11 Å². The summed E-state index contributed by atoms with van der Waals surface area (Å²) in [4.78, 5) is 19.3. The Morgan fingerprint density at radius 2 is 2.25 bits per heavy atom. The highest BCUT2D eigenvalue weighted by molar-refractivity contribution is 7.17. The molecular weight excluding hydrogens is 322 g/mol. The molecule has 120 valence electrons. The molecule has 2 aromatic rings. The van der Waals surface area contributed by atoms with Gasteiger partial charge in [0, 0.05) is 11.8 Å². The lowest BCUT2D eigenvalue weighted by Gasteiger charge is -2.05. The highest BCUT2D eigenvalue weighted by Gasteiger charge is 2.16. The van der Waals surface area contributed by atoms with Gasteiger partial charge in [0.05, 0.1) is 17.3 Å². The summed E-state index contributed by atoms with van der Waals surface area (Å²) in [5.74, 6) is -0.991. The van der Waals surface area contributed by atoms with Crippen molar-refractivity contribution in [1.29, 1.82) is 5.26 Å². The third kappa shape index (κ3) is 3.65. The Balaban J connectivity index is 2.46. The van der Waals surface area contributed by atoms with Crippen molar-refractivity contribution in [1.82, 2.24) is 4.98 Å². The number of carboxylic acid groups (broad SMARTS) is 1. The standard InChI is InChI=1S/C18H15N3O2S/c1-11(5-4-8-20-3)15-7-6-13(9-14(15)10-19)17-21-12(2)16(24-17)18(22)23/h4-9H,3H2,1-2H3,(H,22,23)/b8-4-,11-5+. The molecule has 24 heavy (non-hydrogen) atoms. The van der Waals surface area contributed by atoms with E-state index in [2.05, 4.69) is 22.8 Å². The van der Waals surface area contributed by atoms with Crippen molar-refractivity contribution >= 4 is 29.6 Å². The number of thiazole rings is 1. The molecule has 1 heterocycles. The number of allylic oxidation sites excluding steroid dienone is 3. The molecule has 6 heteroatoms. The molecule has 1 aromatic heterocycles. The smallest absolute Gasteiger partial charge is 0.347 e. The van der Waals surface area contributed by atoms with Crippen LogP contribution in [0.1, 0.15) is 33.4 Å². The SMILES string of the molecule is C=N/C=C\C=C(/C)c1ccc(-c2nc(C)c(C(=O)O)s2)cc1C#N. The molecule has 1 N–H and O–H groups in total. The van der Waals surface area contributed by atoms with Gasteiger partial charge in [-0.25, -0.2) is 9.78 Å². The molecule has 5 nitrogen and oxygen atoms in total. The van der Waals surface area contributed by atoms with Gasteiger partial charge < -0.3 is 5.11 Å². The van der Waals surface area contributed by atoms with Crippen LogP contribution >= 0.6 is 11.3 Å². The molecule has 0 fully saturated rings. The normalized spacial score (nSPS) is 11.5. The number of rotatable bonds is 5. The third-order valence-corrected chi connectivity index (χ3v) is 4.53. The van der Waals surface area contributed by atoms with Gasteiger partial charge in [-0.05, 0) is 43.8 Å². The van der Waals surface area contributed by atoms with Crippen molar-refractivity contribution in [3.8, 4) is 16.6 Å². The lowest BCUT2D eigenvalue weighted by atomic mass is 9.99. The number of hydrogen-bond acceptors (Lipinski definition) is 5. The average molecular weight is 337 g/mol. The van der Waals surface area contributed by atoms with Gasteiger partial charge >= 0.3 is 5.97 Å². The lowest BCUT2D eigenvalue weighted by molar-refractivity contribution is 0.0701. The Morgan fingerprint density at radius 3 is 2.83 bits per heavy atom. The minimum atomic E-state index is -0.991. The van der Waals surface area contributed by atoms with Crippen LogP contribution in [0.2, 0.25) is 0 Å². The first kappa shape index (κ1) is 17.3. The van der Waals surface area contributed by atoms with E-state index >= 15 is 0 Å². The Morgan fingerprint density at radius 1 is 1.50 bits per heavy atom. The van der Waals surface area contributed by atoms with E-state index in [1.807, 2.05) is 25.1 Å².